The van der Waals surface area contributed by atoms with E-state index in [2.05, 4.69) is 20.8 Å². The Morgan fingerprint density at radius 2 is 2.15 bits per heavy atom. The highest BCUT2D eigenvalue weighted by Gasteiger charge is 2.54. The Bertz CT molecular complexity index is 1550. The maximum absolute atomic E-state index is 13.1. The Hall–Kier alpha value is -3.95. The number of oxime groups is 1. The second-order valence-electron chi connectivity index (χ2n) is 8.35. The fourth-order valence-corrected chi connectivity index (χ4v) is 6.40. The highest BCUT2D eigenvalue weighted by atomic mass is 35.5. The van der Waals surface area contributed by atoms with Crippen molar-refractivity contribution in [3.8, 4) is 0 Å². The summed E-state index contributed by atoms with van der Waals surface area (Å²) in [5.74, 6) is -2.87. The molecule has 0 unspecified atom stereocenters. The number of pyridine rings is 1. The molecule has 3 aromatic heterocycles. The topological polar surface area (TPSA) is 159 Å². The molecule has 2 atom stereocenters. The highest BCUT2D eigenvalue weighted by molar-refractivity contribution is 8.00. The standard InChI is InChI=1S/C23H20ClN7O6S2/c1-37-28-16(13-11-39-23(25-13)26-14(32)8-24)19(33)27-17-20(34)31-18(22(35)36)12(10-38-21(17)31)9-30-7-6-29-5-3-2-4-15(29)30/h2-7,11,17,21H,8-10H2,1H3,(H2-,25,26,27,32,33,35,36)/p+1/t17-,21-/m0/s1. The molecule has 0 aliphatic carbocycles. The second kappa shape index (κ2) is 11.0. The van der Waals surface area contributed by atoms with Crippen LogP contribution in [0.25, 0.3) is 5.65 Å². The molecular weight excluding hydrogens is 570 g/mol. The van der Waals surface area contributed by atoms with Gasteiger partial charge in [0.2, 0.25) is 5.91 Å². The van der Waals surface area contributed by atoms with Crippen molar-refractivity contribution in [3.05, 3.63) is 59.1 Å². The largest absolute Gasteiger partial charge is 0.477 e. The van der Waals surface area contributed by atoms with Crippen LogP contribution in [0, 0.1) is 0 Å². The first-order valence-electron chi connectivity index (χ1n) is 11.4. The first-order chi connectivity index (χ1) is 18.8. The number of thiazole rings is 1. The number of carbonyl (C=O) groups excluding carboxylic acids is 3. The summed E-state index contributed by atoms with van der Waals surface area (Å²) in [5, 5.41) is 19.9. The van der Waals surface area contributed by atoms with Crippen molar-refractivity contribution in [2.24, 2.45) is 5.16 Å². The number of nitrogens with one attached hydrogen (secondary N) is 2. The van der Waals surface area contributed by atoms with Crippen LogP contribution in [0.4, 0.5) is 5.13 Å². The molecule has 13 nitrogen and oxygen atoms in total. The zero-order chi connectivity index (χ0) is 27.7. The number of imidazole rings is 1. The molecule has 16 heteroatoms. The van der Waals surface area contributed by atoms with Crippen LogP contribution in [0.15, 0.2) is 58.6 Å². The van der Waals surface area contributed by atoms with Crippen LogP contribution < -0.4 is 15.2 Å². The molecule has 5 heterocycles. The average molecular weight is 591 g/mol. The minimum absolute atomic E-state index is 0.0815. The van der Waals surface area contributed by atoms with Crippen LogP contribution in [-0.2, 0) is 30.6 Å². The lowest BCUT2D eigenvalue weighted by molar-refractivity contribution is -0.662. The molecule has 202 valence electrons. The van der Waals surface area contributed by atoms with Crippen LogP contribution in [0.1, 0.15) is 5.69 Å². The third kappa shape index (κ3) is 5.07. The number of halogens is 1. The predicted octanol–water partition coefficient (Wildman–Crippen LogP) is 0.650. The number of β-lactam (4-membered cyclic amide) rings is 1. The smallest absolute Gasteiger partial charge is 0.352 e. The van der Waals surface area contributed by atoms with Gasteiger partial charge in [-0.1, -0.05) is 11.2 Å². The van der Waals surface area contributed by atoms with E-state index in [0.29, 0.717) is 17.9 Å². The number of aliphatic carboxylic acids is 1. The van der Waals surface area contributed by atoms with E-state index in [1.165, 1.54) is 29.2 Å². The maximum Gasteiger partial charge on any atom is 0.352 e. The molecular formula is C23H21ClN7O6S2+. The summed E-state index contributed by atoms with van der Waals surface area (Å²) >= 11 is 7.91. The molecule has 3 amide bonds. The Morgan fingerprint density at radius 1 is 1.33 bits per heavy atom. The van der Waals surface area contributed by atoms with Crippen LogP contribution in [0.3, 0.4) is 0 Å². The number of aromatic nitrogens is 3. The number of amides is 3. The molecule has 39 heavy (non-hydrogen) atoms. The number of carbonyl (C=O) groups is 4. The number of nitrogens with zero attached hydrogens (tertiary/aromatic N) is 5. The van der Waals surface area contributed by atoms with Gasteiger partial charge in [-0.15, -0.1) is 34.7 Å². The van der Waals surface area contributed by atoms with E-state index < -0.39 is 35.1 Å². The summed E-state index contributed by atoms with van der Waals surface area (Å²) in [6.45, 7) is 0.291. The van der Waals surface area contributed by atoms with E-state index in [-0.39, 0.29) is 28.1 Å². The molecule has 2 aliphatic rings. The number of rotatable bonds is 9. The Kier molecular flexibility index (Phi) is 7.54. The van der Waals surface area contributed by atoms with Gasteiger partial charge >= 0.3 is 5.97 Å². The van der Waals surface area contributed by atoms with Gasteiger partial charge in [0.1, 0.15) is 54.7 Å². The summed E-state index contributed by atoms with van der Waals surface area (Å²) in [7, 11) is 1.25. The Balaban J connectivity index is 1.33. The molecule has 0 aromatic carbocycles. The molecule has 3 N–H and O–H groups in total. The van der Waals surface area contributed by atoms with Crippen molar-refractivity contribution < 1.29 is 33.7 Å². The fraction of sp³-hybridized carbons (Fsp3) is 0.261. The lowest BCUT2D eigenvalue weighted by Crippen LogP contribution is -2.71. The van der Waals surface area contributed by atoms with E-state index in [1.54, 1.807) is 0 Å². The summed E-state index contributed by atoms with van der Waals surface area (Å²) < 4.78 is 3.82. The third-order valence-corrected chi connectivity index (χ3v) is 8.32. The molecule has 1 saturated heterocycles. The number of hydrogen-bond donors (Lipinski definition) is 3. The quantitative estimate of drug-likeness (QED) is 0.108. The zero-order valence-electron chi connectivity index (χ0n) is 20.2. The van der Waals surface area contributed by atoms with Gasteiger partial charge in [0, 0.05) is 22.8 Å². The molecule has 3 aromatic rings. The van der Waals surface area contributed by atoms with Gasteiger partial charge in [0.25, 0.3) is 17.5 Å². The maximum atomic E-state index is 13.1. The molecule has 0 bridgehead atoms. The van der Waals surface area contributed by atoms with Gasteiger partial charge in [-0.2, -0.15) is 0 Å². The molecule has 0 radical (unpaired) electrons. The van der Waals surface area contributed by atoms with Crippen LogP contribution in [0.5, 0.6) is 0 Å². The molecule has 0 saturated carbocycles. The van der Waals surface area contributed by atoms with Crippen molar-refractivity contribution >= 4 is 74.9 Å². The minimum Gasteiger partial charge on any atom is -0.477 e. The molecule has 2 aliphatic heterocycles. The van der Waals surface area contributed by atoms with Gasteiger partial charge in [0.05, 0.1) is 6.20 Å². The molecule has 5 rings (SSSR count). The van der Waals surface area contributed by atoms with E-state index >= 15 is 0 Å². The summed E-state index contributed by atoms with van der Waals surface area (Å²) in [6, 6.07) is 4.72. The summed E-state index contributed by atoms with van der Waals surface area (Å²) in [6.07, 6.45) is 5.60. The lowest BCUT2D eigenvalue weighted by atomic mass is 10.0. The summed E-state index contributed by atoms with van der Waals surface area (Å²) in [4.78, 5) is 60.2. The van der Waals surface area contributed by atoms with Crippen LogP contribution >= 0.6 is 34.7 Å². The predicted molar refractivity (Wildman–Crippen MR) is 142 cm³/mol. The number of carboxylic acids is 1. The number of fused-ring (bicyclic) bond motifs is 2. The average Bonchev–Trinajstić information content (AvgIpc) is 3.56. The zero-order valence-corrected chi connectivity index (χ0v) is 22.6. The lowest BCUT2D eigenvalue weighted by Gasteiger charge is -2.49. The van der Waals surface area contributed by atoms with E-state index in [0.717, 1.165) is 17.0 Å². The Labute approximate surface area is 234 Å². The van der Waals surface area contributed by atoms with E-state index in [4.69, 9.17) is 16.4 Å². The first kappa shape index (κ1) is 26.6. The van der Waals surface area contributed by atoms with Crippen molar-refractivity contribution in [2.45, 2.75) is 18.0 Å². The van der Waals surface area contributed by atoms with Gasteiger partial charge in [0.15, 0.2) is 10.8 Å². The van der Waals surface area contributed by atoms with Gasteiger partial charge in [-0.05, 0) is 6.07 Å². The number of alkyl halides is 1. The third-order valence-electron chi connectivity index (χ3n) is 5.98. The monoisotopic (exact) mass is 590 g/mol. The normalized spacial score (nSPS) is 19.0. The number of hydrogen-bond acceptors (Lipinski definition) is 9. The van der Waals surface area contributed by atoms with Crippen molar-refractivity contribution in [1.29, 1.82) is 0 Å². The van der Waals surface area contributed by atoms with E-state index in [9.17, 15) is 24.3 Å². The number of anilines is 1. The minimum atomic E-state index is -1.21. The molecule has 0 spiro atoms. The second-order valence-corrected chi connectivity index (χ2v) is 10.6. The number of carboxylic acid groups (broad SMARTS) is 1. The summed E-state index contributed by atoms with van der Waals surface area (Å²) in [5.41, 5.74) is 1.29. The SMILES string of the molecule is CON=C(C(=O)N[C@H]1C(=O)N2C(C(=O)O)=C(C[n+]3ccn4ccccc43)CS[C@@H]12)c1csc(NC(=O)CCl)n1. The highest BCUT2D eigenvalue weighted by Crippen LogP contribution is 2.40. The first-order valence-corrected chi connectivity index (χ1v) is 13.9. The fourth-order valence-electron chi connectivity index (χ4n) is 4.29. The van der Waals surface area contributed by atoms with Crippen molar-refractivity contribution in [3.63, 3.8) is 0 Å². The number of thioether (sulfide) groups is 1. The molecule has 1 fully saturated rings. The van der Waals surface area contributed by atoms with Gasteiger partial charge in [-0.25, -0.2) is 18.7 Å². The van der Waals surface area contributed by atoms with Crippen molar-refractivity contribution in [1.82, 2.24) is 19.6 Å². The van der Waals surface area contributed by atoms with Crippen LogP contribution in [-0.4, -0.2) is 79.0 Å². The van der Waals surface area contributed by atoms with Gasteiger partial charge in [-0.3, -0.25) is 19.3 Å². The Morgan fingerprint density at radius 3 is 2.90 bits per heavy atom. The van der Waals surface area contributed by atoms with Crippen LogP contribution in [0.2, 0.25) is 0 Å². The van der Waals surface area contributed by atoms with E-state index in [1.807, 2.05) is 45.8 Å². The van der Waals surface area contributed by atoms with Gasteiger partial charge < -0.3 is 20.6 Å². The van der Waals surface area contributed by atoms with Crippen molar-refractivity contribution in [2.75, 3.05) is 24.1 Å².